The fourth-order valence-electron chi connectivity index (χ4n) is 3.48. The molecule has 47 heavy (non-hydrogen) atoms. The summed E-state index contributed by atoms with van der Waals surface area (Å²) >= 11 is 0. The number of hydrogen-bond acceptors (Lipinski definition) is 11. The number of carbonyl (C=O) groups is 3. The summed E-state index contributed by atoms with van der Waals surface area (Å²) in [6.07, 6.45) is 1.89. The van der Waals surface area contributed by atoms with Crippen molar-refractivity contribution in [2.75, 3.05) is 21.4 Å². The minimum absolute atomic E-state index is 0.0273. The maximum Gasteiger partial charge on any atom is 0.335 e. The van der Waals surface area contributed by atoms with E-state index in [0.29, 0.717) is 17.6 Å². The highest BCUT2D eigenvalue weighted by molar-refractivity contribution is 5.88. The number of carbonyl (C=O) groups excluding carboxylic acids is 1. The number of nitrogens with two attached hydrogens (primary N) is 1. The van der Waals surface area contributed by atoms with Gasteiger partial charge in [0.1, 0.15) is 43.3 Å². The van der Waals surface area contributed by atoms with Gasteiger partial charge >= 0.3 is 11.9 Å². The molecule has 14 heteroatoms. The Balaban J connectivity index is 0.000000414. The van der Waals surface area contributed by atoms with Crippen molar-refractivity contribution in [2.24, 2.45) is 11.1 Å². The molecule has 13 nitrogen and oxygen atoms in total. The number of rotatable bonds is 11. The Bertz CT molecular complexity index is 1600. The molecule has 0 atom stereocenters. The highest BCUT2D eigenvalue weighted by atomic mass is 19.1. The van der Waals surface area contributed by atoms with E-state index in [1.165, 1.54) is 56.8 Å². The Morgan fingerprint density at radius 3 is 1.53 bits per heavy atom. The minimum Gasteiger partial charge on any atom is -0.507 e. The fraction of sp³-hybridized carbons (Fsp3) is 0.152. The lowest BCUT2D eigenvalue weighted by Crippen LogP contribution is -2.00. The van der Waals surface area contributed by atoms with Gasteiger partial charge in [0.05, 0.1) is 44.1 Å². The van der Waals surface area contributed by atoms with Crippen LogP contribution in [0.15, 0.2) is 90.1 Å². The third-order valence-corrected chi connectivity index (χ3v) is 5.68. The molecule has 250 valence electrons. The van der Waals surface area contributed by atoms with Gasteiger partial charge in [-0.3, -0.25) is 9.18 Å². The van der Waals surface area contributed by atoms with E-state index >= 15 is 0 Å². The molecule has 4 aromatic carbocycles. The number of aldehydes is 1. The Morgan fingerprint density at radius 2 is 1.17 bits per heavy atom. The molecule has 0 saturated carbocycles. The Kier molecular flexibility index (Phi) is 17.1. The number of nitrogens with zero attached hydrogens (tertiary/aromatic N) is 1. The quantitative estimate of drug-likeness (QED) is 0.0800. The number of hydrogen-bond donors (Lipinski definition) is 5. The molecule has 0 spiro atoms. The average molecular weight is 656 g/mol. The molecular weight excluding hydrogens is 619 g/mol. The first-order valence-corrected chi connectivity index (χ1v) is 13.2. The second-order valence-electron chi connectivity index (χ2n) is 8.73. The van der Waals surface area contributed by atoms with Crippen LogP contribution in [0.4, 0.5) is 4.39 Å². The van der Waals surface area contributed by atoms with Crippen LogP contribution in [-0.4, -0.2) is 66.2 Å². The van der Waals surface area contributed by atoms with Crippen molar-refractivity contribution < 1.29 is 59.7 Å². The highest BCUT2D eigenvalue weighted by Gasteiger charge is 2.10. The molecule has 0 aliphatic carbocycles. The second-order valence-corrected chi connectivity index (χ2v) is 8.73. The number of phenolic OH excluding ortho intramolecular Hbond substituents is 2. The molecule has 4 rings (SSSR count). The van der Waals surface area contributed by atoms with Gasteiger partial charge in [0.15, 0.2) is 6.29 Å². The van der Waals surface area contributed by atoms with Crippen molar-refractivity contribution in [1.82, 2.24) is 0 Å². The van der Waals surface area contributed by atoms with Gasteiger partial charge in [0, 0.05) is 0 Å². The fourth-order valence-corrected chi connectivity index (χ4v) is 3.48. The number of alkyl halides is 1. The summed E-state index contributed by atoms with van der Waals surface area (Å²) in [6, 6.07) is 22.0. The summed E-state index contributed by atoms with van der Waals surface area (Å²) < 4.78 is 26.6. The Hall–Kier alpha value is -5.99. The number of carboxylic acids is 2. The van der Waals surface area contributed by atoms with E-state index in [4.69, 9.17) is 21.1 Å². The lowest BCUT2D eigenvalue weighted by molar-refractivity contribution is 0.0686. The van der Waals surface area contributed by atoms with E-state index in [0.717, 1.165) is 11.1 Å². The van der Waals surface area contributed by atoms with Crippen LogP contribution in [0, 0.1) is 0 Å². The summed E-state index contributed by atoms with van der Waals surface area (Å²) in [5.41, 5.74) is 2.48. The largest absolute Gasteiger partial charge is 0.507 e. The Labute approximate surface area is 271 Å². The minimum atomic E-state index is -1.00. The monoisotopic (exact) mass is 655 g/mol. The lowest BCUT2D eigenvalue weighted by Gasteiger charge is -2.10. The summed E-state index contributed by atoms with van der Waals surface area (Å²) in [6.45, 7) is 0.404. The van der Waals surface area contributed by atoms with Crippen molar-refractivity contribution in [2.45, 2.75) is 13.2 Å². The summed E-state index contributed by atoms with van der Waals surface area (Å²) in [4.78, 5) is 40.7. The van der Waals surface area contributed by atoms with Crippen LogP contribution in [0.3, 0.4) is 0 Å². The second kappa shape index (κ2) is 21.7. The number of benzene rings is 4. The van der Waals surface area contributed by atoms with Gasteiger partial charge in [-0.25, -0.2) is 15.5 Å². The van der Waals surface area contributed by atoms with Crippen molar-refractivity contribution in [3.63, 3.8) is 0 Å². The number of phenols is 2. The first-order chi connectivity index (χ1) is 23.1. The number of aromatic carboxylic acids is 2. The van der Waals surface area contributed by atoms with Gasteiger partial charge in [-0.2, -0.15) is 0 Å². The third kappa shape index (κ3) is 13.3. The molecule has 0 heterocycles. The van der Waals surface area contributed by atoms with E-state index in [-0.39, 0.29) is 47.2 Å². The zero-order valence-corrected chi connectivity index (χ0v) is 25.4. The van der Waals surface area contributed by atoms with Crippen LogP contribution >= 0.6 is 0 Å². The van der Waals surface area contributed by atoms with Crippen LogP contribution in [0.1, 0.15) is 49.1 Å². The number of oxime groups is 1. The maximum atomic E-state index is 10.9. The van der Waals surface area contributed by atoms with Gasteiger partial charge < -0.3 is 39.6 Å². The van der Waals surface area contributed by atoms with Crippen LogP contribution in [0.25, 0.3) is 0 Å². The van der Waals surface area contributed by atoms with Crippen molar-refractivity contribution in [3.05, 3.63) is 118 Å². The standard InChI is InChI=1S/C16H15NO5.C15H12O5.CH3F.CH5NO/c1-21-17-9-13-14(18)3-2-4-15(13)22-10-11-5-7-12(8-6-11)16(19)20;16-8-12-13(17)2-1-3-14(12)20-9-10-4-6-11(7-5-10)15(18)19;1-2;1-3-2/h2-9,18H,10H2,1H3,(H,19,20);1-8,17H,9H2,(H,18,19);1H3;2H2,1H3/b17-9+;;;/i;;1D;. The molecule has 0 radical (unpaired) electrons. The van der Waals surface area contributed by atoms with Crippen LogP contribution in [0.5, 0.6) is 23.0 Å². The molecule has 0 aliphatic heterocycles. The summed E-state index contributed by atoms with van der Waals surface area (Å²) in [5.74, 6) is 3.00. The number of aromatic hydroxyl groups is 2. The van der Waals surface area contributed by atoms with E-state index in [2.05, 4.69) is 20.7 Å². The van der Waals surface area contributed by atoms with Gasteiger partial charge in [-0.1, -0.05) is 41.6 Å². The van der Waals surface area contributed by atoms with Crippen LogP contribution in [-0.2, 0) is 22.9 Å². The molecule has 0 aromatic heterocycles. The highest BCUT2D eigenvalue weighted by Crippen LogP contribution is 2.27. The third-order valence-electron chi connectivity index (χ3n) is 5.68. The molecule has 0 unspecified atom stereocenters. The first kappa shape index (κ1) is 37.2. The van der Waals surface area contributed by atoms with E-state index in [9.17, 15) is 29.0 Å². The van der Waals surface area contributed by atoms with Crippen molar-refractivity contribution >= 4 is 24.4 Å². The molecule has 0 aliphatic rings. The number of ether oxygens (including phenoxy) is 2. The predicted octanol–water partition coefficient (Wildman–Crippen LogP) is 5.22. The number of halogens is 1. The van der Waals surface area contributed by atoms with Crippen molar-refractivity contribution in [3.8, 4) is 23.0 Å². The van der Waals surface area contributed by atoms with Crippen LogP contribution in [0.2, 0.25) is 0 Å². The average Bonchev–Trinajstić information content (AvgIpc) is 3.07. The van der Waals surface area contributed by atoms with Gasteiger partial charge in [-0.15, -0.1) is 0 Å². The van der Waals surface area contributed by atoms with E-state index in [1.807, 2.05) is 0 Å². The normalized spacial score (nSPS) is 10.0. The molecule has 0 fully saturated rings. The molecule has 4 aromatic rings. The topological polar surface area (TPSA) is 207 Å². The molecular formula is C33H35FN2O11. The zero-order valence-electron chi connectivity index (χ0n) is 26.4. The Morgan fingerprint density at radius 1 is 0.787 bits per heavy atom. The van der Waals surface area contributed by atoms with E-state index < -0.39 is 19.1 Å². The van der Waals surface area contributed by atoms with Gasteiger partial charge in [0.25, 0.3) is 0 Å². The SMILES string of the molecule is CO/N=C/c1c(O)cccc1OCc1ccc(C(=O)O)cc1.CON.O=Cc1c(O)cccc1OCc1ccc(C(=O)O)cc1.[2H]CF. The number of carboxylic acid groups (broad SMARTS) is 2. The summed E-state index contributed by atoms with van der Waals surface area (Å²) in [5, 5.41) is 40.6. The molecule has 0 amide bonds. The predicted molar refractivity (Wildman–Crippen MR) is 170 cm³/mol. The summed E-state index contributed by atoms with van der Waals surface area (Å²) in [7, 11) is 1.81. The molecule has 6 N–H and O–H groups in total. The van der Waals surface area contributed by atoms with Gasteiger partial charge in [0.2, 0.25) is 0 Å². The van der Waals surface area contributed by atoms with Gasteiger partial charge in [-0.05, 0) is 59.7 Å². The van der Waals surface area contributed by atoms with Crippen LogP contribution < -0.4 is 15.4 Å². The maximum absolute atomic E-state index is 10.9. The smallest absolute Gasteiger partial charge is 0.335 e. The molecule has 0 bridgehead atoms. The first-order valence-electron chi connectivity index (χ1n) is 13.9. The van der Waals surface area contributed by atoms with Crippen molar-refractivity contribution in [1.29, 1.82) is 0 Å². The van der Waals surface area contributed by atoms with E-state index in [1.54, 1.807) is 48.5 Å². The molecule has 0 saturated heterocycles. The zero-order chi connectivity index (χ0) is 35.9. The lowest BCUT2D eigenvalue weighted by atomic mass is 10.1.